The SMILES string of the molecule is CCN1C(=O)S[C@H](Nc2ccccc2C(=O)O)C1=O. The molecule has 1 aromatic carbocycles. The lowest BCUT2D eigenvalue weighted by Crippen LogP contribution is -2.34. The van der Waals surface area contributed by atoms with Gasteiger partial charge in [-0.2, -0.15) is 0 Å². The molecule has 0 saturated carbocycles. The van der Waals surface area contributed by atoms with Crippen LogP contribution in [-0.4, -0.2) is 39.0 Å². The van der Waals surface area contributed by atoms with E-state index in [1.54, 1.807) is 25.1 Å². The minimum Gasteiger partial charge on any atom is -0.478 e. The molecule has 1 aliphatic rings. The second-order valence-electron chi connectivity index (χ2n) is 3.84. The summed E-state index contributed by atoms with van der Waals surface area (Å²) in [6.45, 7) is 2.02. The molecule has 0 aliphatic carbocycles. The van der Waals surface area contributed by atoms with Gasteiger partial charge in [0.1, 0.15) is 0 Å². The van der Waals surface area contributed by atoms with Crippen LogP contribution in [0, 0.1) is 0 Å². The van der Waals surface area contributed by atoms with E-state index in [1.165, 1.54) is 6.07 Å². The Kier molecular flexibility index (Phi) is 3.75. The summed E-state index contributed by atoms with van der Waals surface area (Å²) in [7, 11) is 0. The quantitative estimate of drug-likeness (QED) is 0.875. The molecule has 2 rings (SSSR count). The number of para-hydroxylation sites is 1. The molecule has 0 unspecified atom stereocenters. The molecule has 1 aromatic rings. The average molecular weight is 280 g/mol. The van der Waals surface area contributed by atoms with Crippen LogP contribution in [0.5, 0.6) is 0 Å². The Morgan fingerprint density at radius 3 is 2.68 bits per heavy atom. The van der Waals surface area contributed by atoms with Crippen molar-refractivity contribution in [3.05, 3.63) is 29.8 Å². The van der Waals surface area contributed by atoms with Gasteiger partial charge >= 0.3 is 5.97 Å². The molecule has 0 aromatic heterocycles. The van der Waals surface area contributed by atoms with Crippen LogP contribution in [-0.2, 0) is 4.79 Å². The normalized spacial score (nSPS) is 18.8. The van der Waals surface area contributed by atoms with Gasteiger partial charge in [-0.15, -0.1) is 0 Å². The van der Waals surface area contributed by atoms with Crippen molar-refractivity contribution < 1.29 is 19.5 Å². The topological polar surface area (TPSA) is 86.7 Å². The third-order valence-electron chi connectivity index (χ3n) is 2.69. The van der Waals surface area contributed by atoms with E-state index in [-0.39, 0.29) is 16.7 Å². The number of carboxylic acid groups (broad SMARTS) is 1. The van der Waals surface area contributed by atoms with E-state index in [0.29, 0.717) is 12.2 Å². The second-order valence-corrected chi connectivity index (χ2v) is 4.90. The zero-order valence-electron chi connectivity index (χ0n) is 10.1. The first-order chi connectivity index (χ1) is 9.04. The minimum atomic E-state index is -1.09. The number of hydrogen-bond donors (Lipinski definition) is 2. The number of aromatic carboxylic acids is 1. The molecule has 100 valence electrons. The highest BCUT2D eigenvalue weighted by atomic mass is 32.2. The number of anilines is 1. The number of nitrogens with one attached hydrogen (secondary N) is 1. The van der Waals surface area contributed by atoms with Gasteiger partial charge in [-0.1, -0.05) is 12.1 Å². The Bertz CT molecular complexity index is 546. The average Bonchev–Trinajstić information content (AvgIpc) is 2.64. The van der Waals surface area contributed by atoms with Crippen LogP contribution in [0.1, 0.15) is 17.3 Å². The van der Waals surface area contributed by atoms with Crippen LogP contribution < -0.4 is 5.32 Å². The summed E-state index contributed by atoms with van der Waals surface area (Å²) < 4.78 is 0. The molecule has 1 heterocycles. The van der Waals surface area contributed by atoms with E-state index >= 15 is 0 Å². The highest BCUT2D eigenvalue weighted by molar-refractivity contribution is 8.15. The van der Waals surface area contributed by atoms with Gasteiger partial charge in [0.25, 0.3) is 11.1 Å². The highest BCUT2D eigenvalue weighted by Crippen LogP contribution is 2.29. The Balaban J connectivity index is 2.21. The number of benzene rings is 1. The van der Waals surface area contributed by atoms with Crippen molar-refractivity contribution in [2.24, 2.45) is 0 Å². The lowest BCUT2D eigenvalue weighted by atomic mass is 10.2. The maximum absolute atomic E-state index is 11.9. The lowest BCUT2D eigenvalue weighted by molar-refractivity contribution is -0.126. The first-order valence-electron chi connectivity index (χ1n) is 5.65. The highest BCUT2D eigenvalue weighted by Gasteiger charge is 2.39. The van der Waals surface area contributed by atoms with Crippen molar-refractivity contribution >= 4 is 34.6 Å². The van der Waals surface area contributed by atoms with Gasteiger partial charge in [0.05, 0.1) is 5.56 Å². The predicted molar refractivity (Wildman–Crippen MR) is 71.2 cm³/mol. The number of likely N-dealkylation sites (N-methyl/N-ethyl adjacent to an activating group) is 1. The Labute approximate surface area is 113 Å². The first-order valence-corrected chi connectivity index (χ1v) is 6.53. The maximum Gasteiger partial charge on any atom is 0.337 e. The lowest BCUT2D eigenvalue weighted by Gasteiger charge is -2.14. The summed E-state index contributed by atoms with van der Waals surface area (Å²) in [6.07, 6.45) is 0. The van der Waals surface area contributed by atoms with Gasteiger partial charge in [-0.3, -0.25) is 14.5 Å². The second kappa shape index (κ2) is 5.31. The number of hydrogen-bond acceptors (Lipinski definition) is 5. The Morgan fingerprint density at radius 2 is 2.11 bits per heavy atom. The molecule has 7 heteroatoms. The summed E-state index contributed by atoms with van der Waals surface area (Å²) >= 11 is 0.855. The standard InChI is InChI=1S/C12H12N2O4S/c1-2-14-10(15)9(19-12(14)18)13-8-6-4-3-5-7(8)11(16)17/h3-6,9,13H,2H2,1H3,(H,16,17)/t9-/m0/s1. The summed E-state index contributed by atoms with van der Waals surface area (Å²) in [5, 5.41) is 10.8. The molecule has 1 aliphatic heterocycles. The Morgan fingerprint density at radius 1 is 1.42 bits per heavy atom. The fourth-order valence-electron chi connectivity index (χ4n) is 1.76. The monoisotopic (exact) mass is 280 g/mol. The predicted octanol–water partition coefficient (Wildman–Crippen LogP) is 1.84. The number of thioether (sulfide) groups is 1. The smallest absolute Gasteiger partial charge is 0.337 e. The minimum absolute atomic E-state index is 0.0679. The molecule has 0 spiro atoms. The molecule has 1 fully saturated rings. The molecule has 6 nitrogen and oxygen atoms in total. The van der Waals surface area contributed by atoms with Gasteiger partial charge in [-0.25, -0.2) is 4.79 Å². The van der Waals surface area contributed by atoms with E-state index in [0.717, 1.165) is 16.7 Å². The number of carbonyl (C=O) groups excluding carboxylic acids is 2. The molecule has 2 N–H and O–H groups in total. The zero-order valence-corrected chi connectivity index (χ0v) is 10.9. The number of carboxylic acids is 1. The van der Waals surface area contributed by atoms with Crippen molar-refractivity contribution in [2.45, 2.75) is 12.3 Å². The van der Waals surface area contributed by atoms with Crippen molar-refractivity contribution in [3.8, 4) is 0 Å². The van der Waals surface area contributed by atoms with E-state index < -0.39 is 11.3 Å². The number of amides is 2. The largest absolute Gasteiger partial charge is 0.478 e. The van der Waals surface area contributed by atoms with Crippen LogP contribution in [0.15, 0.2) is 24.3 Å². The molecular weight excluding hydrogens is 268 g/mol. The van der Waals surface area contributed by atoms with Crippen LogP contribution >= 0.6 is 11.8 Å². The van der Waals surface area contributed by atoms with E-state index in [9.17, 15) is 14.4 Å². The molecule has 19 heavy (non-hydrogen) atoms. The van der Waals surface area contributed by atoms with Crippen molar-refractivity contribution in [3.63, 3.8) is 0 Å². The number of rotatable bonds is 4. The number of carbonyl (C=O) groups is 3. The summed E-state index contributed by atoms with van der Waals surface area (Å²) in [4.78, 5) is 35.6. The molecule has 1 saturated heterocycles. The van der Waals surface area contributed by atoms with Crippen molar-refractivity contribution in [2.75, 3.05) is 11.9 Å². The molecule has 2 amide bonds. The molecule has 1 atom stereocenters. The van der Waals surface area contributed by atoms with Gasteiger partial charge in [0.2, 0.25) is 0 Å². The summed E-state index contributed by atoms with van der Waals surface area (Å²) in [5.74, 6) is -1.44. The van der Waals surface area contributed by atoms with E-state index in [4.69, 9.17) is 5.11 Å². The molecule has 0 bridgehead atoms. The maximum atomic E-state index is 11.9. The molecule has 0 radical (unpaired) electrons. The van der Waals surface area contributed by atoms with Crippen molar-refractivity contribution in [1.82, 2.24) is 4.90 Å². The van der Waals surface area contributed by atoms with Crippen molar-refractivity contribution in [1.29, 1.82) is 0 Å². The van der Waals surface area contributed by atoms with E-state index in [1.807, 2.05) is 0 Å². The molecular formula is C12H12N2O4S. The zero-order chi connectivity index (χ0) is 14.0. The van der Waals surface area contributed by atoms with Crippen LogP contribution in [0.25, 0.3) is 0 Å². The fraction of sp³-hybridized carbons (Fsp3) is 0.250. The van der Waals surface area contributed by atoms with Crippen LogP contribution in [0.3, 0.4) is 0 Å². The van der Waals surface area contributed by atoms with Gasteiger partial charge in [0, 0.05) is 12.2 Å². The Hall–Kier alpha value is -2.02. The number of nitrogens with zero attached hydrogens (tertiary/aromatic N) is 1. The summed E-state index contributed by atoms with van der Waals surface area (Å²) in [6, 6.07) is 6.27. The number of imide groups is 1. The first kappa shape index (κ1) is 13.4. The third kappa shape index (κ3) is 2.55. The van der Waals surface area contributed by atoms with Gasteiger partial charge in [0.15, 0.2) is 5.37 Å². The van der Waals surface area contributed by atoms with E-state index in [2.05, 4.69) is 5.32 Å². The van der Waals surface area contributed by atoms with Crippen LogP contribution in [0.2, 0.25) is 0 Å². The third-order valence-corrected chi connectivity index (χ3v) is 3.67. The van der Waals surface area contributed by atoms with Gasteiger partial charge in [-0.05, 0) is 30.8 Å². The van der Waals surface area contributed by atoms with Gasteiger partial charge < -0.3 is 10.4 Å². The fourth-order valence-corrected chi connectivity index (χ4v) is 2.72. The summed E-state index contributed by atoms with van der Waals surface area (Å²) in [5.41, 5.74) is 0.393. The van der Waals surface area contributed by atoms with Crippen LogP contribution in [0.4, 0.5) is 10.5 Å².